The molecule has 4 atom stereocenters. The van der Waals surface area contributed by atoms with Crippen molar-refractivity contribution in [3.05, 3.63) is 22.7 Å². The van der Waals surface area contributed by atoms with Crippen LogP contribution in [0.25, 0.3) is 0 Å². The van der Waals surface area contributed by atoms with Gasteiger partial charge in [0.25, 0.3) is 0 Å². The Balaban J connectivity index is 1.73. The van der Waals surface area contributed by atoms with Gasteiger partial charge in [0, 0.05) is 6.20 Å². The second kappa shape index (κ2) is 12.6. The topological polar surface area (TPSA) is 143 Å². The van der Waals surface area contributed by atoms with Crippen LogP contribution in [-0.4, -0.2) is 62.5 Å². The van der Waals surface area contributed by atoms with E-state index in [-0.39, 0.29) is 5.82 Å². The van der Waals surface area contributed by atoms with E-state index in [2.05, 4.69) is 17.2 Å². The number of carbonyl (C=O) groups excluding carboxylic acids is 1. The first kappa shape index (κ1) is 24.3. The lowest BCUT2D eigenvalue weighted by Crippen LogP contribution is -2.36. The SMILES string of the molecule is CCCCCCCCCCOC(=O)Nc1ccn([C@@H]2O[C@H](CO)[C@@H](O)[C@@H]2O)c(=O)n1. The zero-order valence-corrected chi connectivity index (χ0v) is 17.4. The summed E-state index contributed by atoms with van der Waals surface area (Å²) >= 11 is 0. The minimum atomic E-state index is -1.39. The molecule has 4 N–H and O–H groups in total. The highest BCUT2D eigenvalue weighted by atomic mass is 16.6. The smallest absolute Gasteiger partial charge is 0.412 e. The van der Waals surface area contributed by atoms with E-state index in [1.807, 2.05) is 0 Å². The van der Waals surface area contributed by atoms with E-state index in [4.69, 9.17) is 14.6 Å². The summed E-state index contributed by atoms with van der Waals surface area (Å²) in [7, 11) is 0. The molecule has 170 valence electrons. The first-order valence-corrected chi connectivity index (χ1v) is 10.6. The second-order valence-corrected chi connectivity index (χ2v) is 7.47. The van der Waals surface area contributed by atoms with Crippen LogP contribution in [0.4, 0.5) is 10.6 Å². The summed E-state index contributed by atoms with van der Waals surface area (Å²) in [6.07, 6.45) is 4.81. The molecule has 0 unspecified atom stereocenters. The molecule has 1 amide bonds. The van der Waals surface area contributed by atoms with E-state index in [0.29, 0.717) is 6.61 Å². The van der Waals surface area contributed by atoms with Gasteiger partial charge in [-0.3, -0.25) is 9.88 Å². The fraction of sp³-hybridized carbons (Fsp3) is 0.750. The van der Waals surface area contributed by atoms with Crippen molar-refractivity contribution in [2.24, 2.45) is 0 Å². The number of ether oxygens (including phenoxy) is 2. The standard InChI is InChI=1S/C20H33N3O7/c1-2-3-4-5-6-7-8-9-12-29-20(28)22-15-10-11-23(19(27)21-15)18-17(26)16(25)14(13-24)30-18/h10-11,14,16-18,24-26H,2-9,12-13H2,1H3,(H,21,22,27,28)/t14-,16-,17+,18-/m1/s1. The molecule has 0 radical (unpaired) electrons. The highest BCUT2D eigenvalue weighted by Crippen LogP contribution is 2.28. The van der Waals surface area contributed by atoms with E-state index >= 15 is 0 Å². The number of aliphatic hydroxyl groups excluding tert-OH is 3. The van der Waals surface area contributed by atoms with Gasteiger partial charge in [0.1, 0.15) is 24.1 Å². The summed E-state index contributed by atoms with van der Waals surface area (Å²) in [6.45, 7) is 1.98. The van der Waals surface area contributed by atoms with Crippen LogP contribution in [0.1, 0.15) is 64.5 Å². The van der Waals surface area contributed by atoms with E-state index in [0.717, 1.165) is 23.8 Å². The van der Waals surface area contributed by atoms with Gasteiger partial charge in [0.15, 0.2) is 6.23 Å². The fourth-order valence-electron chi connectivity index (χ4n) is 3.33. The Kier molecular flexibility index (Phi) is 10.2. The summed E-state index contributed by atoms with van der Waals surface area (Å²) in [4.78, 5) is 27.8. The number of carbonyl (C=O) groups is 1. The summed E-state index contributed by atoms with van der Waals surface area (Å²) in [5.41, 5.74) is -0.786. The Morgan fingerprint density at radius 3 is 2.43 bits per heavy atom. The number of rotatable bonds is 12. The molecule has 2 heterocycles. The molecule has 1 aromatic heterocycles. The van der Waals surface area contributed by atoms with E-state index in [1.165, 1.54) is 44.4 Å². The van der Waals surface area contributed by atoms with Crippen LogP contribution in [0.15, 0.2) is 17.1 Å². The molecule has 1 aromatic rings. The molecule has 1 saturated heterocycles. The van der Waals surface area contributed by atoms with Gasteiger partial charge in [-0.2, -0.15) is 4.98 Å². The predicted molar refractivity (Wildman–Crippen MR) is 109 cm³/mol. The molecular formula is C20H33N3O7. The van der Waals surface area contributed by atoms with Crippen LogP contribution in [0, 0.1) is 0 Å². The Morgan fingerprint density at radius 2 is 1.83 bits per heavy atom. The van der Waals surface area contributed by atoms with E-state index in [1.54, 1.807) is 0 Å². The molecule has 0 bridgehead atoms. The van der Waals surface area contributed by atoms with Gasteiger partial charge < -0.3 is 24.8 Å². The summed E-state index contributed by atoms with van der Waals surface area (Å²) in [5.74, 6) is 0.00363. The Hall–Kier alpha value is -2.01. The number of hydrogen-bond donors (Lipinski definition) is 4. The second-order valence-electron chi connectivity index (χ2n) is 7.47. The Morgan fingerprint density at radius 1 is 1.17 bits per heavy atom. The summed E-state index contributed by atoms with van der Waals surface area (Å²) in [5, 5.41) is 31.3. The zero-order chi connectivity index (χ0) is 21.9. The highest BCUT2D eigenvalue weighted by Gasteiger charge is 2.43. The van der Waals surface area contributed by atoms with Crippen molar-refractivity contribution in [1.29, 1.82) is 0 Å². The molecule has 0 saturated carbocycles. The average Bonchev–Trinajstić information content (AvgIpc) is 3.01. The largest absolute Gasteiger partial charge is 0.449 e. The number of nitrogens with one attached hydrogen (secondary N) is 1. The van der Waals surface area contributed by atoms with Crippen LogP contribution >= 0.6 is 0 Å². The molecule has 1 aliphatic heterocycles. The van der Waals surface area contributed by atoms with Gasteiger partial charge >= 0.3 is 11.8 Å². The molecule has 0 spiro atoms. The monoisotopic (exact) mass is 427 g/mol. The molecule has 10 nitrogen and oxygen atoms in total. The Bertz CT molecular complexity index is 712. The number of anilines is 1. The minimum Gasteiger partial charge on any atom is -0.449 e. The van der Waals surface area contributed by atoms with Crippen LogP contribution in [-0.2, 0) is 9.47 Å². The lowest BCUT2D eigenvalue weighted by Gasteiger charge is -2.17. The van der Waals surface area contributed by atoms with Gasteiger partial charge in [0.2, 0.25) is 0 Å². The third-order valence-electron chi connectivity index (χ3n) is 5.08. The van der Waals surface area contributed by atoms with E-state index < -0.39 is 42.9 Å². The molecular weight excluding hydrogens is 394 g/mol. The van der Waals surface area contributed by atoms with Gasteiger partial charge in [-0.15, -0.1) is 0 Å². The molecule has 1 aliphatic rings. The maximum absolute atomic E-state index is 12.2. The van der Waals surface area contributed by atoms with Crippen molar-refractivity contribution in [3.8, 4) is 0 Å². The third kappa shape index (κ3) is 7.05. The van der Waals surface area contributed by atoms with Gasteiger partial charge in [-0.25, -0.2) is 9.59 Å². The number of aliphatic hydroxyl groups is 3. The lowest BCUT2D eigenvalue weighted by atomic mass is 10.1. The van der Waals surface area contributed by atoms with Crippen LogP contribution in [0.2, 0.25) is 0 Å². The van der Waals surface area contributed by atoms with Crippen molar-refractivity contribution in [2.45, 2.75) is 82.8 Å². The quantitative estimate of drug-likeness (QED) is 0.368. The van der Waals surface area contributed by atoms with Gasteiger partial charge in [0.05, 0.1) is 13.2 Å². The zero-order valence-electron chi connectivity index (χ0n) is 17.4. The van der Waals surface area contributed by atoms with Gasteiger partial charge in [-0.05, 0) is 12.5 Å². The van der Waals surface area contributed by atoms with Crippen LogP contribution in [0.5, 0.6) is 0 Å². The number of amides is 1. The number of nitrogens with zero attached hydrogens (tertiary/aromatic N) is 2. The average molecular weight is 427 g/mol. The van der Waals surface area contributed by atoms with Crippen molar-refractivity contribution < 1.29 is 29.6 Å². The number of aromatic nitrogens is 2. The minimum absolute atomic E-state index is 0.00363. The third-order valence-corrected chi connectivity index (χ3v) is 5.08. The van der Waals surface area contributed by atoms with Crippen molar-refractivity contribution in [2.75, 3.05) is 18.5 Å². The molecule has 0 aliphatic carbocycles. The highest BCUT2D eigenvalue weighted by molar-refractivity contribution is 5.83. The number of unbranched alkanes of at least 4 members (excludes halogenated alkanes) is 7. The van der Waals surface area contributed by atoms with Gasteiger partial charge in [-0.1, -0.05) is 51.9 Å². The van der Waals surface area contributed by atoms with Crippen LogP contribution < -0.4 is 11.0 Å². The normalized spacial score (nSPS) is 23.5. The molecule has 0 aromatic carbocycles. The summed E-state index contributed by atoms with van der Waals surface area (Å²) in [6, 6.07) is 1.35. The first-order valence-electron chi connectivity index (χ1n) is 10.6. The van der Waals surface area contributed by atoms with Crippen molar-refractivity contribution in [1.82, 2.24) is 9.55 Å². The maximum atomic E-state index is 12.2. The first-order chi connectivity index (χ1) is 14.5. The van der Waals surface area contributed by atoms with Crippen molar-refractivity contribution >= 4 is 11.9 Å². The fourth-order valence-corrected chi connectivity index (χ4v) is 3.33. The molecule has 1 fully saturated rings. The predicted octanol–water partition coefficient (Wildman–Crippen LogP) is 1.54. The molecule has 10 heteroatoms. The molecule has 30 heavy (non-hydrogen) atoms. The summed E-state index contributed by atoms with van der Waals surface area (Å²) < 4.78 is 11.4. The lowest BCUT2D eigenvalue weighted by molar-refractivity contribution is -0.0549. The van der Waals surface area contributed by atoms with Crippen molar-refractivity contribution in [3.63, 3.8) is 0 Å². The van der Waals surface area contributed by atoms with Crippen LogP contribution in [0.3, 0.4) is 0 Å². The van der Waals surface area contributed by atoms with E-state index in [9.17, 15) is 19.8 Å². The number of hydrogen-bond acceptors (Lipinski definition) is 8. The maximum Gasteiger partial charge on any atom is 0.412 e. The molecule has 2 rings (SSSR count). The Labute approximate surface area is 175 Å².